The van der Waals surface area contributed by atoms with Crippen molar-refractivity contribution in [1.82, 2.24) is 0 Å². The lowest BCUT2D eigenvalue weighted by molar-refractivity contribution is 0.327. The fraction of sp³-hybridized carbons (Fsp3) is 0.600. The smallest absolute Gasteiger partial charge is 0.242 e. The third-order valence-corrected chi connectivity index (χ3v) is 2.29. The van der Waals surface area contributed by atoms with Crippen LogP contribution in [0.5, 0.6) is 0 Å². The van der Waals surface area contributed by atoms with Gasteiger partial charge >= 0.3 is 0 Å². The van der Waals surface area contributed by atoms with Gasteiger partial charge in [-0.05, 0) is 26.1 Å². The summed E-state index contributed by atoms with van der Waals surface area (Å²) < 4.78 is 10.7. The van der Waals surface area contributed by atoms with Crippen molar-refractivity contribution in [2.45, 2.75) is 33.0 Å². The molecule has 0 atom stereocenters. The van der Waals surface area contributed by atoms with Crippen molar-refractivity contribution in [3.63, 3.8) is 0 Å². The molecule has 0 aliphatic rings. The van der Waals surface area contributed by atoms with Crippen molar-refractivity contribution in [2.24, 2.45) is 0 Å². The van der Waals surface area contributed by atoms with Gasteiger partial charge in [-0.3, -0.25) is 0 Å². The van der Waals surface area contributed by atoms with Crippen LogP contribution in [-0.4, -0.2) is 15.4 Å². The zero-order valence-corrected chi connectivity index (χ0v) is 10.3. The second-order valence-electron chi connectivity index (χ2n) is 3.87. The van der Waals surface area contributed by atoms with Crippen LogP contribution in [0.1, 0.15) is 13.3 Å². The van der Waals surface area contributed by atoms with E-state index in [1.54, 1.807) is 13.4 Å². The summed E-state index contributed by atoms with van der Waals surface area (Å²) in [5.74, 6) is 0.753. The molecule has 0 heterocycles. The van der Waals surface area contributed by atoms with Gasteiger partial charge in [0.2, 0.25) is 8.32 Å². The Hall–Kier alpha value is -0.703. The Balaban J connectivity index is 4.32. The summed E-state index contributed by atoms with van der Waals surface area (Å²) >= 11 is 0. The summed E-state index contributed by atoms with van der Waals surface area (Å²) in [5.41, 5.74) is 1.03. The van der Waals surface area contributed by atoms with E-state index in [9.17, 15) is 0 Å². The van der Waals surface area contributed by atoms with Gasteiger partial charge in [0.25, 0.3) is 0 Å². The van der Waals surface area contributed by atoms with Gasteiger partial charge in [-0.25, -0.2) is 0 Å². The second-order valence-corrected chi connectivity index (χ2v) is 8.30. The molecule has 0 aromatic rings. The Morgan fingerprint density at radius 3 is 2.23 bits per heavy atom. The lowest BCUT2D eigenvalue weighted by atomic mass is 10.2. The predicted octanol–water partition coefficient (Wildman–Crippen LogP) is 3.29. The Kier molecular flexibility index (Phi) is 4.84. The average Bonchev–Trinajstić information content (AvgIpc) is 1.96. The Morgan fingerprint density at radius 2 is 1.92 bits per heavy atom. The molecule has 0 saturated carbocycles. The molecule has 0 radical (unpaired) electrons. The molecule has 0 amide bonds. The first kappa shape index (κ1) is 12.3. The van der Waals surface area contributed by atoms with E-state index in [4.69, 9.17) is 9.16 Å². The molecule has 0 aliphatic carbocycles. The van der Waals surface area contributed by atoms with Crippen LogP contribution in [0.15, 0.2) is 24.2 Å². The third-order valence-electron chi connectivity index (χ3n) is 1.43. The van der Waals surface area contributed by atoms with Gasteiger partial charge in [-0.2, -0.15) is 0 Å². The van der Waals surface area contributed by atoms with E-state index in [0.29, 0.717) is 0 Å². The highest BCUT2D eigenvalue weighted by Gasteiger charge is 2.18. The van der Waals surface area contributed by atoms with E-state index in [1.165, 1.54) is 0 Å². The topological polar surface area (TPSA) is 18.5 Å². The largest absolute Gasteiger partial charge is 0.544 e. The van der Waals surface area contributed by atoms with E-state index in [2.05, 4.69) is 33.1 Å². The minimum absolute atomic E-state index is 0.753. The highest BCUT2D eigenvalue weighted by Crippen LogP contribution is 2.18. The molecule has 0 N–H and O–H groups in total. The molecular formula is C10H20O2Si. The van der Waals surface area contributed by atoms with E-state index >= 15 is 0 Å². The van der Waals surface area contributed by atoms with Gasteiger partial charge in [-0.15, -0.1) is 0 Å². The Morgan fingerprint density at radius 1 is 1.38 bits per heavy atom. The quantitative estimate of drug-likeness (QED) is 0.385. The average molecular weight is 200 g/mol. The van der Waals surface area contributed by atoms with Gasteiger partial charge in [0.1, 0.15) is 5.76 Å². The molecule has 0 aromatic carbocycles. The third kappa shape index (κ3) is 5.52. The summed E-state index contributed by atoms with van der Waals surface area (Å²) in [4.78, 5) is 0. The normalized spacial score (nSPS) is 12.5. The molecule has 0 aromatic heterocycles. The van der Waals surface area contributed by atoms with Crippen LogP contribution in [0.25, 0.3) is 0 Å². The van der Waals surface area contributed by atoms with Gasteiger partial charge in [-0.1, -0.05) is 13.5 Å². The number of methoxy groups -OCH3 is 1. The molecule has 3 heteroatoms. The minimum atomic E-state index is -1.52. The van der Waals surface area contributed by atoms with E-state index in [0.717, 1.165) is 17.8 Å². The maximum Gasteiger partial charge on any atom is 0.242 e. The number of ether oxygens (including phenoxy) is 1. The van der Waals surface area contributed by atoms with E-state index < -0.39 is 8.32 Å². The van der Waals surface area contributed by atoms with Gasteiger partial charge < -0.3 is 9.16 Å². The molecule has 76 valence electrons. The highest BCUT2D eigenvalue weighted by molar-refractivity contribution is 6.70. The summed E-state index contributed by atoms with van der Waals surface area (Å²) in [6.07, 6.45) is 2.58. The van der Waals surface area contributed by atoms with Crippen molar-refractivity contribution >= 4 is 8.32 Å². The van der Waals surface area contributed by atoms with Gasteiger partial charge in [0.05, 0.1) is 13.4 Å². The first-order valence-corrected chi connectivity index (χ1v) is 7.91. The standard InChI is InChI=1S/C10H20O2Si/c1-7-10(8-11-3)9(2)12-13(4,5)6/h8H,2,7H2,1,3-6H3/b10-8+. The number of hydrogen-bond acceptors (Lipinski definition) is 2. The molecule has 0 fully saturated rings. The molecule has 0 unspecified atom stereocenters. The lowest BCUT2D eigenvalue weighted by Gasteiger charge is -2.21. The molecule has 0 aliphatic heterocycles. The van der Waals surface area contributed by atoms with Crippen molar-refractivity contribution in [3.8, 4) is 0 Å². The molecule has 0 rings (SSSR count). The van der Waals surface area contributed by atoms with Crippen LogP contribution >= 0.6 is 0 Å². The lowest BCUT2D eigenvalue weighted by Crippen LogP contribution is -2.25. The first-order chi connectivity index (χ1) is 5.90. The SMILES string of the molecule is C=C(O[Si](C)(C)C)/C(=C/OC)CC. The van der Waals surface area contributed by atoms with E-state index in [-0.39, 0.29) is 0 Å². The molecule has 0 bridgehead atoms. The summed E-state index contributed by atoms with van der Waals surface area (Å²) in [5, 5.41) is 0. The van der Waals surface area contributed by atoms with Crippen LogP contribution in [0.4, 0.5) is 0 Å². The molecule has 13 heavy (non-hydrogen) atoms. The Labute approximate surface area is 82.4 Å². The molecule has 0 spiro atoms. The second kappa shape index (κ2) is 5.12. The van der Waals surface area contributed by atoms with Crippen LogP contribution in [0.2, 0.25) is 19.6 Å². The number of hydrogen-bond donors (Lipinski definition) is 0. The predicted molar refractivity (Wildman–Crippen MR) is 59.0 cm³/mol. The first-order valence-electron chi connectivity index (χ1n) is 4.51. The van der Waals surface area contributed by atoms with Crippen LogP contribution in [-0.2, 0) is 9.16 Å². The maximum absolute atomic E-state index is 5.74. The van der Waals surface area contributed by atoms with Crippen LogP contribution in [0, 0.1) is 0 Å². The summed E-state index contributed by atoms with van der Waals surface area (Å²) in [6, 6.07) is 0. The zero-order valence-electron chi connectivity index (χ0n) is 9.31. The monoisotopic (exact) mass is 200 g/mol. The van der Waals surface area contributed by atoms with Crippen LogP contribution in [0.3, 0.4) is 0 Å². The van der Waals surface area contributed by atoms with Gasteiger partial charge in [0, 0.05) is 5.57 Å². The molecule has 0 saturated heterocycles. The molecular weight excluding hydrogens is 180 g/mol. The maximum atomic E-state index is 5.74. The highest BCUT2D eigenvalue weighted by atomic mass is 28.4. The van der Waals surface area contributed by atoms with Crippen LogP contribution < -0.4 is 0 Å². The zero-order chi connectivity index (χ0) is 10.5. The van der Waals surface area contributed by atoms with Gasteiger partial charge in [0.15, 0.2) is 0 Å². The summed E-state index contributed by atoms with van der Waals surface area (Å²) in [6.45, 7) is 12.4. The minimum Gasteiger partial charge on any atom is -0.544 e. The van der Waals surface area contributed by atoms with Crippen molar-refractivity contribution in [3.05, 3.63) is 24.2 Å². The fourth-order valence-electron chi connectivity index (χ4n) is 0.924. The van der Waals surface area contributed by atoms with Crippen molar-refractivity contribution in [2.75, 3.05) is 7.11 Å². The Bertz CT molecular complexity index is 201. The fourth-order valence-corrected chi connectivity index (χ4v) is 1.79. The van der Waals surface area contributed by atoms with Crippen molar-refractivity contribution in [1.29, 1.82) is 0 Å². The number of allylic oxidation sites excluding steroid dienone is 1. The van der Waals surface area contributed by atoms with Crippen molar-refractivity contribution < 1.29 is 9.16 Å². The number of rotatable bonds is 5. The van der Waals surface area contributed by atoms with E-state index in [1.807, 2.05) is 0 Å². The summed E-state index contributed by atoms with van der Waals surface area (Å²) in [7, 11) is 0.112. The molecule has 2 nitrogen and oxygen atoms in total.